The van der Waals surface area contributed by atoms with E-state index in [1.54, 1.807) is 14.2 Å². The number of ether oxygens (including phenoxy) is 1. The molecule has 2 heterocycles. The molecule has 1 aliphatic rings. The zero-order valence-electron chi connectivity index (χ0n) is 14.7. The Bertz CT molecular complexity index is 514. The van der Waals surface area contributed by atoms with E-state index in [9.17, 15) is 0 Å². The minimum absolute atomic E-state index is 0.315. The number of guanidine groups is 1. The second kappa shape index (κ2) is 8.83. The third kappa shape index (κ3) is 5.18. The molecule has 0 saturated heterocycles. The highest BCUT2D eigenvalue weighted by atomic mass is 16.5. The Morgan fingerprint density at radius 2 is 2.35 bits per heavy atom. The van der Waals surface area contributed by atoms with Crippen molar-refractivity contribution in [3.8, 4) is 0 Å². The number of aryl methyl sites for hydroxylation is 1. The van der Waals surface area contributed by atoms with Gasteiger partial charge in [-0.1, -0.05) is 6.92 Å². The predicted octanol–water partition coefficient (Wildman–Crippen LogP) is -0.144. The molecule has 2 rings (SSSR count). The molecule has 0 aliphatic carbocycles. The van der Waals surface area contributed by atoms with E-state index in [-0.39, 0.29) is 0 Å². The quantitative estimate of drug-likeness (QED) is 0.537. The molecule has 0 fully saturated rings. The minimum atomic E-state index is 0.315. The Morgan fingerprint density at radius 1 is 1.52 bits per heavy atom. The molecule has 0 saturated carbocycles. The lowest BCUT2D eigenvalue weighted by Gasteiger charge is -2.25. The number of aromatic nitrogens is 3. The molecule has 1 aliphatic heterocycles. The average Bonchev–Trinajstić information content (AvgIpc) is 2.95. The fourth-order valence-electron chi connectivity index (χ4n) is 2.58. The largest absolute Gasteiger partial charge is 0.377 e. The molecule has 1 unspecified atom stereocenters. The standard InChI is InChI=1S/C15H29N7O/c1-5-21(3)9-8-17-15(16-2)18-12-6-7-14-19-13(11-23-4)20-22(14)10-12/h12H,5-11H2,1-4H3,(H2,16,17,18). The molecule has 0 amide bonds. The summed E-state index contributed by atoms with van der Waals surface area (Å²) < 4.78 is 7.08. The monoisotopic (exact) mass is 323 g/mol. The second-order valence-corrected chi connectivity index (χ2v) is 5.83. The molecular formula is C15H29N7O. The first-order valence-corrected chi connectivity index (χ1v) is 8.23. The van der Waals surface area contributed by atoms with Gasteiger partial charge in [-0.05, 0) is 20.0 Å². The van der Waals surface area contributed by atoms with Crippen LogP contribution in [0.3, 0.4) is 0 Å². The number of nitrogens with one attached hydrogen (secondary N) is 2. The van der Waals surface area contributed by atoms with E-state index in [1.165, 1.54) is 0 Å². The smallest absolute Gasteiger partial charge is 0.191 e. The SMILES string of the molecule is CCN(C)CCNC(=NC)NC1CCc2nc(COC)nn2C1. The summed E-state index contributed by atoms with van der Waals surface area (Å²) >= 11 is 0. The van der Waals surface area contributed by atoms with Crippen molar-refractivity contribution in [3.63, 3.8) is 0 Å². The summed E-state index contributed by atoms with van der Waals surface area (Å²) in [6.07, 6.45) is 1.95. The lowest BCUT2D eigenvalue weighted by atomic mass is 10.1. The summed E-state index contributed by atoms with van der Waals surface area (Å²) in [4.78, 5) is 11.1. The minimum Gasteiger partial charge on any atom is -0.377 e. The highest BCUT2D eigenvalue weighted by Crippen LogP contribution is 2.13. The van der Waals surface area contributed by atoms with Gasteiger partial charge in [-0.3, -0.25) is 4.99 Å². The van der Waals surface area contributed by atoms with Crippen molar-refractivity contribution in [2.75, 3.05) is 40.8 Å². The number of fused-ring (bicyclic) bond motifs is 1. The molecule has 2 N–H and O–H groups in total. The molecule has 1 aromatic heterocycles. The maximum atomic E-state index is 5.10. The van der Waals surface area contributed by atoms with Gasteiger partial charge in [-0.2, -0.15) is 5.10 Å². The highest BCUT2D eigenvalue weighted by molar-refractivity contribution is 5.79. The van der Waals surface area contributed by atoms with Gasteiger partial charge >= 0.3 is 0 Å². The van der Waals surface area contributed by atoms with Gasteiger partial charge in [0.2, 0.25) is 0 Å². The van der Waals surface area contributed by atoms with Gasteiger partial charge in [-0.15, -0.1) is 0 Å². The maximum absolute atomic E-state index is 5.10. The molecule has 8 heteroatoms. The molecular weight excluding hydrogens is 294 g/mol. The topological polar surface area (TPSA) is 79.6 Å². The first kappa shape index (κ1) is 17.7. The third-order valence-corrected chi connectivity index (χ3v) is 4.07. The highest BCUT2D eigenvalue weighted by Gasteiger charge is 2.22. The van der Waals surface area contributed by atoms with E-state index >= 15 is 0 Å². The van der Waals surface area contributed by atoms with Crippen molar-refractivity contribution >= 4 is 5.96 Å². The normalized spacial score (nSPS) is 18.1. The molecule has 0 radical (unpaired) electrons. The number of rotatable bonds is 7. The van der Waals surface area contributed by atoms with E-state index in [0.717, 1.165) is 56.6 Å². The molecule has 23 heavy (non-hydrogen) atoms. The number of methoxy groups -OCH3 is 1. The zero-order valence-corrected chi connectivity index (χ0v) is 14.7. The summed E-state index contributed by atoms with van der Waals surface area (Å²) in [6, 6.07) is 0.315. The number of hydrogen-bond donors (Lipinski definition) is 2. The number of aliphatic imine (C=N–C) groups is 1. The molecule has 8 nitrogen and oxygen atoms in total. The van der Waals surface area contributed by atoms with Crippen LogP contribution < -0.4 is 10.6 Å². The van der Waals surface area contributed by atoms with Crippen LogP contribution in [-0.2, 0) is 24.3 Å². The van der Waals surface area contributed by atoms with E-state index in [4.69, 9.17) is 4.74 Å². The zero-order chi connectivity index (χ0) is 16.7. The number of nitrogens with zero attached hydrogens (tertiary/aromatic N) is 5. The third-order valence-electron chi connectivity index (χ3n) is 4.07. The van der Waals surface area contributed by atoms with Crippen molar-refractivity contribution in [1.82, 2.24) is 30.3 Å². The Morgan fingerprint density at radius 3 is 3.04 bits per heavy atom. The van der Waals surface area contributed by atoms with Crippen molar-refractivity contribution in [1.29, 1.82) is 0 Å². The van der Waals surface area contributed by atoms with E-state index in [1.807, 2.05) is 4.68 Å². The van der Waals surface area contributed by atoms with E-state index < -0.39 is 0 Å². The van der Waals surface area contributed by atoms with Crippen LogP contribution in [0.4, 0.5) is 0 Å². The van der Waals surface area contributed by atoms with Crippen LogP contribution in [0.2, 0.25) is 0 Å². The lowest BCUT2D eigenvalue weighted by molar-refractivity contribution is 0.177. The van der Waals surface area contributed by atoms with Gasteiger partial charge < -0.3 is 20.3 Å². The first-order chi connectivity index (χ1) is 11.2. The lowest BCUT2D eigenvalue weighted by Crippen LogP contribution is -2.48. The van der Waals surface area contributed by atoms with Crippen molar-refractivity contribution < 1.29 is 4.74 Å². The van der Waals surface area contributed by atoms with Crippen LogP contribution in [0.5, 0.6) is 0 Å². The molecule has 0 aromatic carbocycles. The van der Waals surface area contributed by atoms with Crippen molar-refractivity contribution in [3.05, 3.63) is 11.6 Å². The number of likely N-dealkylation sites (N-methyl/N-ethyl adjacent to an activating group) is 1. The van der Waals surface area contributed by atoms with Crippen LogP contribution in [0.15, 0.2) is 4.99 Å². The fourth-order valence-corrected chi connectivity index (χ4v) is 2.58. The molecule has 0 bridgehead atoms. The van der Waals surface area contributed by atoms with Gasteiger partial charge in [0.05, 0.1) is 6.54 Å². The van der Waals surface area contributed by atoms with Gasteiger partial charge in [-0.25, -0.2) is 9.67 Å². The van der Waals surface area contributed by atoms with E-state index in [2.05, 4.69) is 44.6 Å². The Kier molecular flexibility index (Phi) is 6.79. The summed E-state index contributed by atoms with van der Waals surface area (Å²) in [5.41, 5.74) is 0. The van der Waals surface area contributed by atoms with Crippen LogP contribution in [-0.4, -0.2) is 72.5 Å². The van der Waals surface area contributed by atoms with Crippen molar-refractivity contribution in [2.45, 2.75) is 39.0 Å². The maximum Gasteiger partial charge on any atom is 0.191 e. The van der Waals surface area contributed by atoms with Gasteiger partial charge in [0, 0.05) is 39.7 Å². The van der Waals surface area contributed by atoms with E-state index in [0.29, 0.717) is 12.6 Å². The predicted molar refractivity (Wildman–Crippen MR) is 90.5 cm³/mol. The summed E-state index contributed by atoms with van der Waals surface area (Å²) in [5.74, 6) is 2.65. The van der Waals surface area contributed by atoms with Crippen LogP contribution in [0.1, 0.15) is 25.0 Å². The summed E-state index contributed by atoms with van der Waals surface area (Å²) in [5, 5.41) is 11.3. The van der Waals surface area contributed by atoms with Crippen LogP contribution in [0.25, 0.3) is 0 Å². The first-order valence-electron chi connectivity index (χ1n) is 8.23. The number of hydrogen-bond acceptors (Lipinski definition) is 5. The van der Waals surface area contributed by atoms with Crippen LogP contribution >= 0.6 is 0 Å². The van der Waals surface area contributed by atoms with Gasteiger partial charge in [0.25, 0.3) is 0 Å². The molecule has 1 atom stereocenters. The Hall–Kier alpha value is -1.67. The van der Waals surface area contributed by atoms with Crippen LogP contribution in [0, 0.1) is 0 Å². The summed E-state index contributed by atoms with van der Waals surface area (Å²) in [6.45, 7) is 6.35. The average molecular weight is 323 g/mol. The Balaban J connectivity index is 1.83. The molecule has 130 valence electrons. The fraction of sp³-hybridized carbons (Fsp3) is 0.800. The second-order valence-electron chi connectivity index (χ2n) is 5.83. The molecule has 1 aromatic rings. The summed E-state index contributed by atoms with van der Waals surface area (Å²) in [7, 11) is 5.58. The van der Waals surface area contributed by atoms with Crippen molar-refractivity contribution in [2.24, 2.45) is 4.99 Å². The van der Waals surface area contributed by atoms with Gasteiger partial charge in [0.15, 0.2) is 11.8 Å². The molecule has 0 spiro atoms. The Labute approximate surface area is 138 Å². The van der Waals surface area contributed by atoms with Gasteiger partial charge in [0.1, 0.15) is 12.4 Å².